The third kappa shape index (κ3) is 6.00. The average Bonchev–Trinajstić information content (AvgIpc) is 3.44. The molecule has 0 aliphatic carbocycles. The second-order valence-electron chi connectivity index (χ2n) is 9.97. The Kier molecular flexibility index (Phi) is 8.67. The molecule has 44 heavy (non-hydrogen) atoms. The lowest BCUT2D eigenvalue weighted by atomic mass is 9.94. The molecule has 230 valence electrons. The molecule has 3 aromatic carbocycles. The Morgan fingerprint density at radius 1 is 0.955 bits per heavy atom. The number of fused-ring (bicyclic) bond motifs is 1. The predicted molar refractivity (Wildman–Crippen MR) is 164 cm³/mol. The van der Waals surface area contributed by atoms with E-state index in [1.165, 1.54) is 56.0 Å². The summed E-state index contributed by atoms with van der Waals surface area (Å²) in [5.74, 6) is 0.593. The predicted octanol–water partition coefficient (Wildman–Crippen LogP) is 7.47. The van der Waals surface area contributed by atoms with Gasteiger partial charge < -0.3 is 14.6 Å². The van der Waals surface area contributed by atoms with Crippen LogP contribution in [0, 0.1) is 0 Å². The molecule has 2 N–H and O–H groups in total. The standard InChI is InChI=1S/C31H26ClF3N2O5S2/c1-30(38,31(33,34)35)19-13-14-36-24(16-19)22-9-6-7-18-15-27(43-29(18)22)28(21-8-4-5-10-23(21)32)37-44(39,40)20-11-12-25(41-2)26(17-20)42-3/h4-17,28,37-38H,1-3H3/t28-,30?/m1/s1. The fourth-order valence-electron chi connectivity index (χ4n) is 4.66. The molecule has 0 amide bonds. The van der Waals surface area contributed by atoms with Crippen LogP contribution in [0.25, 0.3) is 21.3 Å². The number of hydrogen-bond donors (Lipinski definition) is 2. The number of nitrogens with one attached hydrogen (secondary N) is 1. The van der Waals surface area contributed by atoms with Gasteiger partial charge in [-0.15, -0.1) is 11.3 Å². The van der Waals surface area contributed by atoms with Crippen LogP contribution in [0.2, 0.25) is 5.02 Å². The van der Waals surface area contributed by atoms with Crippen LogP contribution in [0.15, 0.2) is 90.0 Å². The van der Waals surface area contributed by atoms with Crippen LogP contribution in [0.3, 0.4) is 0 Å². The minimum absolute atomic E-state index is 0.0632. The zero-order valence-corrected chi connectivity index (χ0v) is 25.9. The SMILES string of the molecule is COc1ccc(S(=O)(=O)N[C@@H](c2cc3cccc(-c4cc(C(C)(O)C(F)(F)F)ccn4)c3s2)c2ccccc2Cl)cc1OC. The summed E-state index contributed by atoms with van der Waals surface area (Å²) < 4.78 is 82.1. The third-order valence-corrected chi connectivity index (χ3v) is 10.2. The van der Waals surface area contributed by atoms with E-state index in [4.69, 9.17) is 21.1 Å². The van der Waals surface area contributed by atoms with E-state index in [-0.39, 0.29) is 21.9 Å². The number of alkyl halides is 3. The minimum atomic E-state index is -4.90. The first kappa shape index (κ1) is 31.7. The maximum Gasteiger partial charge on any atom is 0.421 e. The molecule has 13 heteroatoms. The lowest BCUT2D eigenvalue weighted by molar-refractivity contribution is -0.258. The second-order valence-corrected chi connectivity index (χ2v) is 13.2. The van der Waals surface area contributed by atoms with Crippen molar-refractivity contribution >= 4 is 43.0 Å². The number of nitrogens with zero attached hydrogens (tertiary/aromatic N) is 1. The number of rotatable bonds is 9. The Hall–Kier alpha value is -3.68. The largest absolute Gasteiger partial charge is 0.493 e. The van der Waals surface area contributed by atoms with Crippen LogP contribution >= 0.6 is 22.9 Å². The Morgan fingerprint density at radius 2 is 1.68 bits per heavy atom. The zero-order valence-electron chi connectivity index (χ0n) is 23.5. The summed E-state index contributed by atoms with van der Waals surface area (Å²) in [6.07, 6.45) is -3.69. The molecule has 1 unspecified atom stereocenters. The van der Waals surface area contributed by atoms with Crippen molar-refractivity contribution in [3.05, 3.63) is 106 Å². The Bertz CT molecular complexity index is 1940. The smallest absolute Gasteiger partial charge is 0.421 e. The van der Waals surface area contributed by atoms with Gasteiger partial charge in [-0.05, 0) is 59.8 Å². The summed E-state index contributed by atoms with van der Waals surface area (Å²) >= 11 is 7.81. The molecular formula is C31H26ClF3N2O5S2. The second kappa shape index (κ2) is 12.0. The van der Waals surface area contributed by atoms with E-state index in [1.807, 2.05) is 0 Å². The number of thiophene rings is 1. The van der Waals surface area contributed by atoms with Crippen molar-refractivity contribution in [2.75, 3.05) is 14.2 Å². The molecule has 7 nitrogen and oxygen atoms in total. The molecule has 0 bridgehead atoms. The highest BCUT2D eigenvalue weighted by Gasteiger charge is 2.51. The third-order valence-electron chi connectivity index (χ3n) is 7.15. The average molecular weight is 663 g/mol. The maximum atomic E-state index is 13.7. The van der Waals surface area contributed by atoms with Gasteiger partial charge in [0.2, 0.25) is 10.0 Å². The lowest BCUT2D eigenvalue weighted by Gasteiger charge is -2.26. The lowest BCUT2D eigenvalue weighted by Crippen LogP contribution is -2.39. The molecule has 0 saturated carbocycles. The van der Waals surface area contributed by atoms with Crippen molar-refractivity contribution in [3.8, 4) is 22.8 Å². The molecular weight excluding hydrogens is 637 g/mol. The van der Waals surface area contributed by atoms with Gasteiger partial charge in [0.25, 0.3) is 0 Å². The van der Waals surface area contributed by atoms with E-state index in [1.54, 1.807) is 48.5 Å². The first-order valence-electron chi connectivity index (χ1n) is 13.0. The minimum Gasteiger partial charge on any atom is -0.493 e. The number of hydrogen-bond acceptors (Lipinski definition) is 7. The number of pyridine rings is 1. The van der Waals surface area contributed by atoms with Gasteiger partial charge in [-0.2, -0.15) is 17.9 Å². The van der Waals surface area contributed by atoms with Crippen molar-refractivity contribution < 1.29 is 36.2 Å². The monoisotopic (exact) mass is 662 g/mol. The summed E-state index contributed by atoms with van der Waals surface area (Å²) in [5, 5.41) is 11.3. The van der Waals surface area contributed by atoms with Crippen LogP contribution < -0.4 is 14.2 Å². The topological polar surface area (TPSA) is 97.8 Å². The highest BCUT2D eigenvalue weighted by Crippen LogP contribution is 2.43. The van der Waals surface area contributed by atoms with Gasteiger partial charge in [-0.25, -0.2) is 8.42 Å². The highest BCUT2D eigenvalue weighted by atomic mass is 35.5. The zero-order chi connectivity index (χ0) is 31.9. The molecule has 0 fully saturated rings. The van der Waals surface area contributed by atoms with Gasteiger partial charge in [-0.1, -0.05) is 48.0 Å². The van der Waals surface area contributed by atoms with Crippen LogP contribution in [0.1, 0.15) is 29.0 Å². The van der Waals surface area contributed by atoms with Gasteiger partial charge in [0.1, 0.15) is 0 Å². The fraction of sp³-hybridized carbons (Fsp3) is 0.194. The van der Waals surface area contributed by atoms with Crippen molar-refractivity contribution in [2.24, 2.45) is 0 Å². The van der Waals surface area contributed by atoms with Gasteiger partial charge in [0.05, 0.1) is 30.9 Å². The quantitative estimate of drug-likeness (QED) is 0.170. The Morgan fingerprint density at radius 3 is 2.36 bits per heavy atom. The van der Waals surface area contributed by atoms with Gasteiger partial charge in [0.15, 0.2) is 17.1 Å². The normalized spacial score (nSPS) is 14.3. The molecule has 5 aromatic rings. The van der Waals surface area contributed by atoms with Crippen molar-refractivity contribution in [1.29, 1.82) is 0 Å². The van der Waals surface area contributed by atoms with E-state index >= 15 is 0 Å². The summed E-state index contributed by atoms with van der Waals surface area (Å²) in [4.78, 5) is 4.79. The van der Waals surface area contributed by atoms with E-state index in [0.717, 1.165) is 6.07 Å². The van der Waals surface area contributed by atoms with Gasteiger partial charge in [0, 0.05) is 32.4 Å². The molecule has 0 radical (unpaired) electrons. The van der Waals surface area contributed by atoms with Crippen LogP contribution in [-0.4, -0.2) is 38.9 Å². The summed E-state index contributed by atoms with van der Waals surface area (Å²) in [6.45, 7) is 0.689. The van der Waals surface area contributed by atoms with Crippen LogP contribution in [0.5, 0.6) is 11.5 Å². The highest BCUT2D eigenvalue weighted by molar-refractivity contribution is 7.89. The maximum absolute atomic E-state index is 13.7. The molecule has 2 heterocycles. The number of halogens is 4. The summed E-state index contributed by atoms with van der Waals surface area (Å²) in [7, 11) is -1.31. The van der Waals surface area contributed by atoms with Crippen molar-refractivity contribution in [3.63, 3.8) is 0 Å². The number of sulfonamides is 1. The summed E-state index contributed by atoms with van der Waals surface area (Å²) in [5.41, 5.74) is -2.23. The van der Waals surface area contributed by atoms with Gasteiger partial charge >= 0.3 is 6.18 Å². The molecule has 0 saturated heterocycles. The van der Waals surface area contributed by atoms with Crippen LogP contribution in [-0.2, 0) is 15.6 Å². The number of methoxy groups -OCH3 is 2. The number of benzene rings is 3. The van der Waals surface area contributed by atoms with Crippen LogP contribution in [0.4, 0.5) is 13.2 Å². The molecule has 0 aliphatic heterocycles. The number of ether oxygens (including phenoxy) is 2. The van der Waals surface area contributed by atoms with E-state index in [2.05, 4.69) is 9.71 Å². The Labute approximate surface area is 260 Å². The molecule has 0 spiro atoms. The molecule has 2 aromatic heterocycles. The first-order chi connectivity index (χ1) is 20.8. The fourth-order valence-corrected chi connectivity index (χ4v) is 7.44. The van der Waals surface area contributed by atoms with Crippen molar-refractivity contribution in [1.82, 2.24) is 9.71 Å². The van der Waals surface area contributed by atoms with Crippen molar-refractivity contribution in [2.45, 2.75) is 29.6 Å². The van der Waals surface area contributed by atoms with E-state index in [9.17, 15) is 26.7 Å². The first-order valence-corrected chi connectivity index (χ1v) is 15.7. The molecule has 2 atom stereocenters. The summed E-state index contributed by atoms with van der Waals surface area (Å²) in [6, 6.07) is 19.5. The Balaban J connectivity index is 1.62. The van der Waals surface area contributed by atoms with Gasteiger partial charge in [-0.3, -0.25) is 4.98 Å². The number of aromatic nitrogens is 1. The molecule has 0 aliphatic rings. The van der Waals surface area contributed by atoms with E-state index in [0.29, 0.717) is 43.8 Å². The molecule has 5 rings (SSSR count). The number of aliphatic hydroxyl groups is 1. The van der Waals surface area contributed by atoms with E-state index < -0.39 is 27.8 Å².